The second-order valence-electron chi connectivity index (χ2n) is 4.51. The Labute approximate surface area is 103 Å². The van der Waals surface area contributed by atoms with Gasteiger partial charge in [0.15, 0.2) is 0 Å². The summed E-state index contributed by atoms with van der Waals surface area (Å²) in [6, 6.07) is 12.5. The van der Waals surface area contributed by atoms with Crippen LogP contribution < -0.4 is 5.73 Å². The Morgan fingerprint density at radius 2 is 1.53 bits per heavy atom. The summed E-state index contributed by atoms with van der Waals surface area (Å²) >= 11 is 0. The van der Waals surface area contributed by atoms with Crippen LogP contribution in [-0.4, -0.2) is 4.98 Å². The SMILES string of the molecule is Cc1ccc(C(N)C(C)c2ccncc2)cc1. The predicted molar refractivity (Wildman–Crippen MR) is 70.8 cm³/mol. The number of aromatic nitrogens is 1. The summed E-state index contributed by atoms with van der Waals surface area (Å²) < 4.78 is 0. The maximum absolute atomic E-state index is 6.30. The highest BCUT2D eigenvalue weighted by molar-refractivity contribution is 5.28. The van der Waals surface area contributed by atoms with Gasteiger partial charge in [0, 0.05) is 24.4 Å². The van der Waals surface area contributed by atoms with Crippen molar-refractivity contribution in [1.29, 1.82) is 0 Å². The molecule has 0 aliphatic heterocycles. The lowest BCUT2D eigenvalue weighted by molar-refractivity contribution is 0.597. The highest BCUT2D eigenvalue weighted by Gasteiger charge is 2.16. The zero-order chi connectivity index (χ0) is 12.3. The number of nitrogens with zero attached hydrogens (tertiary/aromatic N) is 1. The highest BCUT2D eigenvalue weighted by Crippen LogP contribution is 2.28. The van der Waals surface area contributed by atoms with E-state index in [9.17, 15) is 0 Å². The van der Waals surface area contributed by atoms with Gasteiger partial charge in [-0.1, -0.05) is 36.8 Å². The largest absolute Gasteiger partial charge is 0.323 e. The fourth-order valence-electron chi connectivity index (χ4n) is 1.95. The molecule has 2 nitrogen and oxygen atoms in total. The fraction of sp³-hybridized carbons (Fsp3) is 0.267. The fourth-order valence-corrected chi connectivity index (χ4v) is 1.95. The summed E-state index contributed by atoms with van der Waals surface area (Å²) in [6.07, 6.45) is 3.63. The topological polar surface area (TPSA) is 38.9 Å². The van der Waals surface area contributed by atoms with Gasteiger partial charge in [0.05, 0.1) is 0 Å². The molecule has 2 rings (SSSR count). The first-order valence-electron chi connectivity index (χ1n) is 5.90. The summed E-state index contributed by atoms with van der Waals surface area (Å²) in [5.74, 6) is 0.292. The number of rotatable bonds is 3. The zero-order valence-electron chi connectivity index (χ0n) is 10.3. The molecule has 2 atom stereocenters. The lowest BCUT2D eigenvalue weighted by Gasteiger charge is -2.20. The van der Waals surface area contributed by atoms with E-state index in [1.807, 2.05) is 24.5 Å². The van der Waals surface area contributed by atoms with Crippen molar-refractivity contribution in [3.63, 3.8) is 0 Å². The highest BCUT2D eigenvalue weighted by atomic mass is 14.7. The van der Waals surface area contributed by atoms with E-state index in [0.717, 1.165) is 0 Å². The van der Waals surface area contributed by atoms with Crippen LogP contribution in [0.5, 0.6) is 0 Å². The van der Waals surface area contributed by atoms with Gasteiger partial charge in [-0.15, -0.1) is 0 Å². The van der Waals surface area contributed by atoms with Crippen molar-refractivity contribution < 1.29 is 0 Å². The molecule has 2 N–H and O–H groups in total. The molecule has 0 aliphatic rings. The lowest BCUT2D eigenvalue weighted by atomic mass is 9.89. The molecule has 2 aromatic rings. The number of aryl methyl sites for hydroxylation is 1. The summed E-state index contributed by atoms with van der Waals surface area (Å²) in [6.45, 7) is 4.24. The molecule has 0 spiro atoms. The van der Waals surface area contributed by atoms with Crippen molar-refractivity contribution in [3.05, 3.63) is 65.5 Å². The monoisotopic (exact) mass is 226 g/mol. The van der Waals surface area contributed by atoms with E-state index < -0.39 is 0 Å². The first-order valence-corrected chi connectivity index (χ1v) is 5.90. The van der Waals surface area contributed by atoms with E-state index in [1.165, 1.54) is 16.7 Å². The lowest BCUT2D eigenvalue weighted by Crippen LogP contribution is -2.17. The number of pyridine rings is 1. The molecular formula is C15H18N2. The van der Waals surface area contributed by atoms with Crippen LogP contribution in [0.2, 0.25) is 0 Å². The molecule has 2 unspecified atom stereocenters. The molecule has 88 valence electrons. The van der Waals surface area contributed by atoms with Gasteiger partial charge in [-0.25, -0.2) is 0 Å². The van der Waals surface area contributed by atoms with Crippen LogP contribution in [0.3, 0.4) is 0 Å². The zero-order valence-corrected chi connectivity index (χ0v) is 10.3. The van der Waals surface area contributed by atoms with Crippen LogP contribution in [0.1, 0.15) is 35.6 Å². The molecule has 2 heteroatoms. The first-order chi connectivity index (χ1) is 8.18. The van der Waals surface area contributed by atoms with Gasteiger partial charge < -0.3 is 5.73 Å². The molecular weight excluding hydrogens is 208 g/mol. The summed E-state index contributed by atoms with van der Waals surface area (Å²) in [4.78, 5) is 4.03. The molecule has 17 heavy (non-hydrogen) atoms. The summed E-state index contributed by atoms with van der Waals surface area (Å²) in [7, 11) is 0. The summed E-state index contributed by atoms with van der Waals surface area (Å²) in [5, 5.41) is 0. The van der Waals surface area contributed by atoms with Crippen molar-refractivity contribution in [2.45, 2.75) is 25.8 Å². The Kier molecular flexibility index (Phi) is 3.55. The Morgan fingerprint density at radius 3 is 2.12 bits per heavy atom. The van der Waals surface area contributed by atoms with Gasteiger partial charge in [0.25, 0.3) is 0 Å². The smallest absolute Gasteiger partial charge is 0.0361 e. The Hall–Kier alpha value is -1.67. The van der Waals surface area contributed by atoms with Crippen molar-refractivity contribution in [3.8, 4) is 0 Å². The molecule has 0 bridgehead atoms. The van der Waals surface area contributed by atoms with Crippen LogP contribution in [0.25, 0.3) is 0 Å². The third-order valence-corrected chi connectivity index (χ3v) is 3.23. The van der Waals surface area contributed by atoms with Gasteiger partial charge in [-0.3, -0.25) is 4.98 Å². The van der Waals surface area contributed by atoms with Crippen LogP contribution in [0, 0.1) is 6.92 Å². The maximum atomic E-state index is 6.30. The number of hydrogen-bond acceptors (Lipinski definition) is 2. The average molecular weight is 226 g/mol. The minimum Gasteiger partial charge on any atom is -0.323 e. The third-order valence-electron chi connectivity index (χ3n) is 3.23. The molecule has 1 heterocycles. The van der Waals surface area contributed by atoms with Crippen molar-refractivity contribution >= 4 is 0 Å². The van der Waals surface area contributed by atoms with Crippen molar-refractivity contribution in [2.24, 2.45) is 5.73 Å². The quantitative estimate of drug-likeness (QED) is 0.873. The van der Waals surface area contributed by atoms with E-state index in [0.29, 0.717) is 5.92 Å². The molecule has 1 aromatic carbocycles. The van der Waals surface area contributed by atoms with Gasteiger partial charge in [0.1, 0.15) is 0 Å². The van der Waals surface area contributed by atoms with E-state index in [2.05, 4.69) is 43.1 Å². The Balaban J connectivity index is 2.20. The molecule has 1 aromatic heterocycles. The van der Waals surface area contributed by atoms with E-state index in [-0.39, 0.29) is 6.04 Å². The predicted octanol–water partition coefficient (Wildman–Crippen LogP) is 3.19. The molecule has 0 saturated carbocycles. The molecule has 0 amide bonds. The minimum atomic E-state index is 0.0259. The van der Waals surface area contributed by atoms with Gasteiger partial charge in [-0.2, -0.15) is 0 Å². The average Bonchev–Trinajstić information content (AvgIpc) is 2.39. The molecule has 0 aliphatic carbocycles. The second kappa shape index (κ2) is 5.11. The van der Waals surface area contributed by atoms with E-state index >= 15 is 0 Å². The van der Waals surface area contributed by atoms with Crippen LogP contribution in [0.4, 0.5) is 0 Å². The van der Waals surface area contributed by atoms with Gasteiger partial charge in [-0.05, 0) is 30.2 Å². The first kappa shape index (κ1) is 11.8. The molecule has 0 fully saturated rings. The normalized spacial score (nSPS) is 14.3. The van der Waals surface area contributed by atoms with E-state index in [1.54, 1.807) is 0 Å². The second-order valence-corrected chi connectivity index (χ2v) is 4.51. The van der Waals surface area contributed by atoms with Crippen LogP contribution >= 0.6 is 0 Å². The molecule has 0 radical (unpaired) electrons. The number of hydrogen-bond donors (Lipinski definition) is 1. The number of benzene rings is 1. The third kappa shape index (κ3) is 2.71. The minimum absolute atomic E-state index is 0.0259. The van der Waals surface area contributed by atoms with Crippen molar-refractivity contribution in [2.75, 3.05) is 0 Å². The number of nitrogens with two attached hydrogens (primary N) is 1. The Morgan fingerprint density at radius 1 is 0.941 bits per heavy atom. The van der Waals surface area contributed by atoms with Crippen LogP contribution in [0.15, 0.2) is 48.8 Å². The molecule has 0 saturated heterocycles. The standard InChI is InChI=1S/C15H18N2/c1-11-3-5-14(6-4-11)15(16)12(2)13-7-9-17-10-8-13/h3-10,12,15H,16H2,1-2H3. The van der Waals surface area contributed by atoms with E-state index in [4.69, 9.17) is 5.73 Å². The summed E-state index contributed by atoms with van der Waals surface area (Å²) in [5.41, 5.74) is 9.97. The van der Waals surface area contributed by atoms with Crippen LogP contribution in [-0.2, 0) is 0 Å². The van der Waals surface area contributed by atoms with Gasteiger partial charge in [0.2, 0.25) is 0 Å². The van der Waals surface area contributed by atoms with Gasteiger partial charge >= 0.3 is 0 Å². The Bertz CT molecular complexity index is 462. The maximum Gasteiger partial charge on any atom is 0.0361 e. The van der Waals surface area contributed by atoms with Crippen molar-refractivity contribution in [1.82, 2.24) is 4.98 Å².